The number of hydrogen-bond acceptors (Lipinski definition) is 5. The number of nitrogens with zero attached hydrogens (tertiary/aromatic N) is 2. The number of aliphatic hydroxyl groups excluding tert-OH is 1. The second-order valence-corrected chi connectivity index (χ2v) is 6.06. The Balaban J connectivity index is 0.00000261. The third-order valence-electron chi connectivity index (χ3n) is 4.01. The Morgan fingerprint density at radius 2 is 2.04 bits per heavy atom. The van der Waals surface area contributed by atoms with Crippen molar-refractivity contribution in [2.45, 2.75) is 19.6 Å². The largest absolute Gasteiger partial charge is 0.486 e. The highest BCUT2D eigenvalue weighted by Gasteiger charge is 2.15. The van der Waals surface area contributed by atoms with Crippen LogP contribution in [-0.4, -0.2) is 49.3 Å². The Hall–Kier alpha value is -1.94. The molecule has 1 aromatic heterocycles. The van der Waals surface area contributed by atoms with E-state index in [0.29, 0.717) is 31.5 Å². The lowest BCUT2D eigenvalue weighted by Crippen LogP contribution is -2.38. The normalized spacial score (nSPS) is 14.3. The Morgan fingerprint density at radius 1 is 1.26 bits per heavy atom. The maximum atomic E-state index is 10.2. The number of benzene rings is 1. The van der Waals surface area contributed by atoms with Crippen molar-refractivity contribution in [2.24, 2.45) is 4.99 Å². The predicted octanol–water partition coefficient (Wildman–Crippen LogP) is 2.80. The third-order valence-corrected chi connectivity index (χ3v) is 4.01. The Bertz CT molecular complexity index is 737. The number of hydrogen-bond donors (Lipinski definition) is 2. The molecule has 0 saturated carbocycles. The first-order valence-corrected chi connectivity index (χ1v) is 8.77. The topological polar surface area (TPSA) is 79.5 Å². The minimum Gasteiger partial charge on any atom is -0.486 e. The van der Waals surface area contributed by atoms with Gasteiger partial charge in [-0.05, 0) is 36.8 Å². The molecule has 0 amide bonds. The predicted molar refractivity (Wildman–Crippen MR) is 114 cm³/mol. The van der Waals surface area contributed by atoms with Crippen LogP contribution in [0.25, 0.3) is 0 Å². The van der Waals surface area contributed by atoms with Gasteiger partial charge in [0.2, 0.25) is 0 Å². The molecular weight excluding hydrogens is 461 g/mol. The quantitative estimate of drug-likeness (QED) is 0.371. The van der Waals surface area contributed by atoms with Crippen molar-refractivity contribution in [3.05, 3.63) is 47.9 Å². The molecule has 0 bridgehead atoms. The first kappa shape index (κ1) is 21.4. The van der Waals surface area contributed by atoms with Gasteiger partial charge in [0, 0.05) is 20.1 Å². The van der Waals surface area contributed by atoms with Gasteiger partial charge < -0.3 is 29.2 Å². The minimum atomic E-state index is -0.763. The average Bonchev–Trinajstić information content (AvgIpc) is 3.19. The molecule has 8 heteroatoms. The van der Waals surface area contributed by atoms with E-state index in [2.05, 4.69) is 10.3 Å². The van der Waals surface area contributed by atoms with Crippen molar-refractivity contribution in [1.29, 1.82) is 0 Å². The molecule has 1 atom stereocenters. The number of guanidine groups is 1. The van der Waals surface area contributed by atoms with E-state index < -0.39 is 6.10 Å². The lowest BCUT2D eigenvalue weighted by atomic mass is 10.2. The number of nitrogens with one attached hydrogen (secondary N) is 1. The number of fused-ring (bicyclic) bond motifs is 1. The number of ether oxygens (including phenoxy) is 2. The van der Waals surface area contributed by atoms with Gasteiger partial charge in [-0.25, -0.2) is 4.99 Å². The smallest absolute Gasteiger partial charge is 0.194 e. The van der Waals surface area contributed by atoms with Crippen LogP contribution in [0.1, 0.15) is 24.4 Å². The minimum absolute atomic E-state index is 0. The van der Waals surface area contributed by atoms with Crippen LogP contribution in [-0.2, 0) is 6.54 Å². The van der Waals surface area contributed by atoms with E-state index >= 15 is 0 Å². The summed E-state index contributed by atoms with van der Waals surface area (Å²) in [5.74, 6) is 2.79. The zero-order valence-corrected chi connectivity index (χ0v) is 17.9. The number of aliphatic hydroxyl groups is 1. The summed E-state index contributed by atoms with van der Waals surface area (Å²) in [5, 5.41) is 13.4. The van der Waals surface area contributed by atoms with Crippen LogP contribution in [0.2, 0.25) is 0 Å². The highest BCUT2D eigenvalue weighted by molar-refractivity contribution is 14.0. The molecule has 1 aliphatic rings. The van der Waals surface area contributed by atoms with Crippen LogP contribution in [0.15, 0.2) is 46.0 Å². The second kappa shape index (κ2) is 10.4. The molecule has 7 nitrogen and oxygen atoms in total. The molecule has 0 spiro atoms. The summed E-state index contributed by atoms with van der Waals surface area (Å²) in [7, 11) is 1.96. The summed E-state index contributed by atoms with van der Waals surface area (Å²) < 4.78 is 16.4. The summed E-state index contributed by atoms with van der Waals surface area (Å²) in [4.78, 5) is 6.52. The highest BCUT2D eigenvalue weighted by atomic mass is 127. The van der Waals surface area contributed by atoms with E-state index in [-0.39, 0.29) is 30.5 Å². The average molecular weight is 487 g/mol. The van der Waals surface area contributed by atoms with Crippen LogP contribution in [0, 0.1) is 0 Å². The SMILES string of the molecule is CCNC(=NCC(O)c1ccco1)N(C)Cc1ccc2c(c1)OCCO2.I. The summed E-state index contributed by atoms with van der Waals surface area (Å²) >= 11 is 0. The third kappa shape index (κ3) is 5.77. The maximum Gasteiger partial charge on any atom is 0.194 e. The van der Waals surface area contributed by atoms with Crippen molar-refractivity contribution in [1.82, 2.24) is 10.2 Å². The summed E-state index contributed by atoms with van der Waals surface area (Å²) in [6.07, 6.45) is 0.780. The van der Waals surface area contributed by atoms with Gasteiger partial charge in [0.25, 0.3) is 0 Å². The second-order valence-electron chi connectivity index (χ2n) is 6.06. The van der Waals surface area contributed by atoms with Gasteiger partial charge in [-0.1, -0.05) is 6.07 Å². The number of rotatable bonds is 6. The highest BCUT2D eigenvalue weighted by Crippen LogP contribution is 2.31. The number of aliphatic imine (C=N–C) groups is 1. The fraction of sp³-hybridized carbons (Fsp3) is 0.421. The van der Waals surface area contributed by atoms with E-state index in [4.69, 9.17) is 13.9 Å². The first-order chi connectivity index (χ1) is 12.7. The van der Waals surface area contributed by atoms with Gasteiger partial charge in [-0.15, -0.1) is 24.0 Å². The summed E-state index contributed by atoms with van der Waals surface area (Å²) in [6, 6.07) is 9.44. The molecule has 0 saturated heterocycles. The van der Waals surface area contributed by atoms with Crippen molar-refractivity contribution in [2.75, 3.05) is 33.4 Å². The zero-order valence-electron chi connectivity index (χ0n) is 15.6. The fourth-order valence-electron chi connectivity index (χ4n) is 2.75. The van der Waals surface area contributed by atoms with Crippen LogP contribution in [0.5, 0.6) is 11.5 Å². The monoisotopic (exact) mass is 487 g/mol. The van der Waals surface area contributed by atoms with E-state index in [0.717, 1.165) is 23.6 Å². The van der Waals surface area contributed by atoms with Gasteiger partial charge in [0.15, 0.2) is 17.5 Å². The fourth-order valence-corrected chi connectivity index (χ4v) is 2.75. The van der Waals surface area contributed by atoms with Crippen LogP contribution >= 0.6 is 24.0 Å². The Kier molecular flexibility index (Phi) is 8.23. The van der Waals surface area contributed by atoms with Gasteiger partial charge in [-0.2, -0.15) is 0 Å². The van der Waals surface area contributed by atoms with E-state index in [1.807, 2.05) is 37.1 Å². The summed E-state index contributed by atoms with van der Waals surface area (Å²) in [6.45, 7) is 4.78. The standard InChI is InChI=1S/C19H25N3O4.HI/c1-3-20-19(21-12-15(23)16-5-4-8-24-16)22(2)13-14-6-7-17-18(11-14)26-10-9-25-17;/h4-8,11,15,23H,3,9-10,12-13H2,1-2H3,(H,20,21);1H. The Morgan fingerprint density at radius 3 is 2.74 bits per heavy atom. The van der Waals surface area contributed by atoms with E-state index in [1.54, 1.807) is 18.4 Å². The first-order valence-electron chi connectivity index (χ1n) is 8.77. The lowest BCUT2D eigenvalue weighted by Gasteiger charge is -2.24. The molecule has 148 valence electrons. The molecule has 1 aromatic carbocycles. The molecule has 2 heterocycles. The molecule has 1 unspecified atom stereocenters. The molecule has 2 N–H and O–H groups in total. The van der Waals surface area contributed by atoms with E-state index in [9.17, 15) is 5.11 Å². The zero-order chi connectivity index (χ0) is 18.4. The van der Waals surface area contributed by atoms with Crippen LogP contribution in [0.4, 0.5) is 0 Å². The van der Waals surface area contributed by atoms with Crippen molar-refractivity contribution in [3.63, 3.8) is 0 Å². The van der Waals surface area contributed by atoms with Gasteiger partial charge in [0.05, 0.1) is 12.8 Å². The van der Waals surface area contributed by atoms with Crippen LogP contribution < -0.4 is 14.8 Å². The maximum absolute atomic E-state index is 10.2. The van der Waals surface area contributed by atoms with Gasteiger partial charge in [-0.3, -0.25) is 0 Å². The molecule has 1 aliphatic heterocycles. The number of halogens is 1. The molecule has 27 heavy (non-hydrogen) atoms. The van der Waals surface area contributed by atoms with Crippen molar-refractivity contribution >= 4 is 29.9 Å². The number of furan rings is 1. The molecule has 2 aromatic rings. The van der Waals surface area contributed by atoms with Crippen molar-refractivity contribution in [3.8, 4) is 11.5 Å². The Labute approximate surface area is 176 Å². The molecule has 0 fully saturated rings. The van der Waals surface area contributed by atoms with Crippen molar-refractivity contribution < 1.29 is 19.0 Å². The summed E-state index contributed by atoms with van der Waals surface area (Å²) in [5.41, 5.74) is 1.09. The van der Waals surface area contributed by atoms with Gasteiger partial charge >= 0.3 is 0 Å². The van der Waals surface area contributed by atoms with Crippen LogP contribution in [0.3, 0.4) is 0 Å². The molecule has 3 rings (SSSR count). The molecule has 0 radical (unpaired) electrons. The lowest BCUT2D eigenvalue weighted by molar-refractivity contribution is 0.158. The van der Waals surface area contributed by atoms with Gasteiger partial charge in [0.1, 0.15) is 25.1 Å². The molecule has 0 aliphatic carbocycles. The van der Waals surface area contributed by atoms with E-state index in [1.165, 1.54) is 0 Å². The molecular formula is C19H26IN3O4.